The van der Waals surface area contributed by atoms with E-state index in [1.165, 1.54) is 10.4 Å². The number of nitrogens with zero attached hydrogens (tertiary/aromatic N) is 1. The van der Waals surface area contributed by atoms with Crippen molar-refractivity contribution in [3.8, 4) is 0 Å². The van der Waals surface area contributed by atoms with E-state index in [1.54, 1.807) is 11.3 Å². The summed E-state index contributed by atoms with van der Waals surface area (Å²) >= 11 is 1.70. The molecule has 0 aliphatic carbocycles. The summed E-state index contributed by atoms with van der Waals surface area (Å²) in [5.41, 5.74) is 3.16. The van der Waals surface area contributed by atoms with Crippen molar-refractivity contribution in [3.05, 3.63) is 51.7 Å². The van der Waals surface area contributed by atoms with Gasteiger partial charge in [0.15, 0.2) is 0 Å². The average molecular weight is 300 g/mol. The van der Waals surface area contributed by atoms with Crippen molar-refractivity contribution in [2.24, 2.45) is 0 Å². The highest BCUT2D eigenvalue weighted by Gasteiger charge is 2.21. The molecule has 1 aliphatic heterocycles. The lowest BCUT2D eigenvalue weighted by Crippen LogP contribution is -2.31. The molecule has 1 aromatic carbocycles. The van der Waals surface area contributed by atoms with Gasteiger partial charge in [0.2, 0.25) is 0 Å². The summed E-state index contributed by atoms with van der Waals surface area (Å²) in [5, 5.41) is 5.45. The molecule has 110 valence electrons. The van der Waals surface area contributed by atoms with Gasteiger partial charge in [0, 0.05) is 29.2 Å². The van der Waals surface area contributed by atoms with Crippen LogP contribution in [0.15, 0.2) is 35.7 Å². The molecule has 0 atom stereocenters. The summed E-state index contributed by atoms with van der Waals surface area (Å²) in [6, 6.07) is 10.1. The van der Waals surface area contributed by atoms with Crippen molar-refractivity contribution in [1.82, 2.24) is 4.90 Å². The number of nitrogens with one attached hydrogen (secondary N) is 1. The first-order valence-electron chi connectivity index (χ1n) is 7.47. The summed E-state index contributed by atoms with van der Waals surface area (Å²) in [6.07, 6.45) is 2.08. The fourth-order valence-electron chi connectivity index (χ4n) is 2.80. The van der Waals surface area contributed by atoms with Gasteiger partial charge >= 0.3 is 0 Å². The van der Waals surface area contributed by atoms with E-state index in [-0.39, 0.29) is 5.91 Å². The Labute approximate surface area is 129 Å². The van der Waals surface area contributed by atoms with Gasteiger partial charge in [-0.15, -0.1) is 11.3 Å². The fourth-order valence-corrected chi connectivity index (χ4v) is 3.52. The van der Waals surface area contributed by atoms with E-state index in [1.807, 2.05) is 30.0 Å². The number of amides is 1. The minimum Gasteiger partial charge on any atom is -0.385 e. The molecule has 21 heavy (non-hydrogen) atoms. The highest BCUT2D eigenvalue weighted by Crippen LogP contribution is 2.26. The second kappa shape index (κ2) is 6.31. The van der Waals surface area contributed by atoms with Crippen molar-refractivity contribution in [2.75, 3.05) is 18.4 Å². The first-order valence-corrected chi connectivity index (χ1v) is 8.35. The zero-order valence-electron chi connectivity index (χ0n) is 12.3. The molecule has 3 rings (SSSR count). The number of thiophene rings is 1. The minimum absolute atomic E-state index is 0.145. The Morgan fingerprint density at radius 1 is 1.33 bits per heavy atom. The van der Waals surface area contributed by atoms with E-state index in [0.29, 0.717) is 6.54 Å². The van der Waals surface area contributed by atoms with Crippen molar-refractivity contribution < 1.29 is 4.79 Å². The molecule has 0 fully saturated rings. The summed E-state index contributed by atoms with van der Waals surface area (Å²) in [4.78, 5) is 16.0. The third-order valence-corrected chi connectivity index (χ3v) is 4.78. The number of rotatable bonds is 4. The second-order valence-electron chi connectivity index (χ2n) is 5.26. The van der Waals surface area contributed by atoms with Gasteiger partial charge in [-0.1, -0.05) is 12.1 Å². The molecule has 0 saturated heterocycles. The van der Waals surface area contributed by atoms with Crippen LogP contribution < -0.4 is 5.32 Å². The first kappa shape index (κ1) is 14.1. The van der Waals surface area contributed by atoms with Crippen LogP contribution in [-0.2, 0) is 13.0 Å². The van der Waals surface area contributed by atoms with Crippen LogP contribution in [0.25, 0.3) is 0 Å². The zero-order valence-corrected chi connectivity index (χ0v) is 13.1. The van der Waals surface area contributed by atoms with Gasteiger partial charge in [-0.3, -0.25) is 4.79 Å². The van der Waals surface area contributed by atoms with Crippen LogP contribution in [0, 0.1) is 0 Å². The molecule has 1 N–H and O–H groups in total. The van der Waals surface area contributed by atoms with E-state index in [4.69, 9.17) is 0 Å². The monoisotopic (exact) mass is 300 g/mol. The average Bonchev–Trinajstić information content (AvgIpc) is 3.04. The Morgan fingerprint density at radius 2 is 2.24 bits per heavy atom. The Hall–Kier alpha value is -1.81. The fraction of sp³-hybridized carbons (Fsp3) is 0.353. The van der Waals surface area contributed by atoms with E-state index < -0.39 is 0 Å². The lowest BCUT2D eigenvalue weighted by atomic mass is 9.97. The highest BCUT2D eigenvalue weighted by molar-refractivity contribution is 7.09. The molecule has 3 nitrogen and oxygen atoms in total. The molecule has 0 radical (unpaired) electrons. The van der Waals surface area contributed by atoms with E-state index in [9.17, 15) is 4.79 Å². The highest BCUT2D eigenvalue weighted by atomic mass is 32.1. The van der Waals surface area contributed by atoms with Gasteiger partial charge < -0.3 is 10.2 Å². The topological polar surface area (TPSA) is 32.3 Å². The molecule has 1 aromatic heterocycles. The van der Waals surface area contributed by atoms with Crippen LogP contribution in [0.3, 0.4) is 0 Å². The Morgan fingerprint density at radius 3 is 3.00 bits per heavy atom. The predicted octanol–water partition coefficient (Wildman–Crippen LogP) is 3.77. The van der Waals surface area contributed by atoms with Gasteiger partial charge in [0.1, 0.15) is 0 Å². The van der Waals surface area contributed by atoms with Crippen LogP contribution in [0.5, 0.6) is 0 Å². The Bertz CT molecular complexity index is 622. The second-order valence-corrected chi connectivity index (χ2v) is 6.29. The Kier molecular flexibility index (Phi) is 4.25. The summed E-state index contributed by atoms with van der Waals surface area (Å²) in [7, 11) is 0. The van der Waals surface area contributed by atoms with Crippen LogP contribution >= 0.6 is 11.3 Å². The molecule has 0 bridgehead atoms. The number of carbonyl (C=O) groups excluding carboxylic acids is 1. The molecule has 4 heteroatoms. The predicted molar refractivity (Wildman–Crippen MR) is 88.0 cm³/mol. The lowest BCUT2D eigenvalue weighted by Gasteiger charge is -2.25. The molecule has 0 saturated carbocycles. The maximum atomic E-state index is 12.9. The van der Waals surface area contributed by atoms with Gasteiger partial charge in [0.25, 0.3) is 5.91 Å². The number of anilines is 1. The largest absolute Gasteiger partial charge is 0.385 e. The maximum absolute atomic E-state index is 12.9. The molecule has 1 amide bonds. The standard InChI is InChI=1S/C17H20N2OS/c1-2-19(12-13-6-5-11-21-13)17(20)15-7-3-9-16-14(15)8-4-10-18-16/h3,5-7,9,11,18H,2,4,8,10,12H2,1H3. The molecule has 2 aromatic rings. The number of carbonyl (C=O) groups is 1. The third-order valence-electron chi connectivity index (χ3n) is 3.92. The molecule has 0 unspecified atom stereocenters. The van der Waals surface area contributed by atoms with Gasteiger partial charge in [0.05, 0.1) is 6.54 Å². The zero-order chi connectivity index (χ0) is 14.7. The van der Waals surface area contributed by atoms with E-state index in [2.05, 4.69) is 22.8 Å². The van der Waals surface area contributed by atoms with Crippen LogP contribution in [0.4, 0.5) is 5.69 Å². The summed E-state index contributed by atoms with van der Waals surface area (Å²) in [5.74, 6) is 0.145. The number of hydrogen-bond donors (Lipinski definition) is 1. The molecule has 1 aliphatic rings. The van der Waals surface area contributed by atoms with E-state index in [0.717, 1.165) is 37.2 Å². The lowest BCUT2D eigenvalue weighted by molar-refractivity contribution is 0.0753. The summed E-state index contributed by atoms with van der Waals surface area (Å²) in [6.45, 7) is 4.47. The van der Waals surface area contributed by atoms with Crippen molar-refractivity contribution in [3.63, 3.8) is 0 Å². The van der Waals surface area contributed by atoms with Crippen LogP contribution in [0.2, 0.25) is 0 Å². The first-order chi connectivity index (χ1) is 10.3. The normalized spacial score (nSPS) is 13.4. The summed E-state index contributed by atoms with van der Waals surface area (Å²) < 4.78 is 0. The smallest absolute Gasteiger partial charge is 0.254 e. The molecule has 0 spiro atoms. The van der Waals surface area contributed by atoms with Crippen LogP contribution in [-0.4, -0.2) is 23.9 Å². The third kappa shape index (κ3) is 2.95. The van der Waals surface area contributed by atoms with Gasteiger partial charge in [-0.25, -0.2) is 0 Å². The van der Waals surface area contributed by atoms with Crippen LogP contribution in [0.1, 0.15) is 34.1 Å². The number of benzene rings is 1. The maximum Gasteiger partial charge on any atom is 0.254 e. The van der Waals surface area contributed by atoms with Crippen molar-refractivity contribution in [1.29, 1.82) is 0 Å². The molecular weight excluding hydrogens is 280 g/mol. The van der Waals surface area contributed by atoms with Crippen molar-refractivity contribution in [2.45, 2.75) is 26.3 Å². The SMILES string of the molecule is CCN(Cc1cccs1)C(=O)c1cccc2c1CCCN2. The Balaban J connectivity index is 1.86. The molecule has 2 heterocycles. The molecular formula is C17H20N2OS. The number of fused-ring (bicyclic) bond motifs is 1. The van der Waals surface area contributed by atoms with Crippen molar-refractivity contribution >= 4 is 22.9 Å². The minimum atomic E-state index is 0.145. The van der Waals surface area contributed by atoms with Gasteiger partial charge in [-0.05, 0) is 48.9 Å². The van der Waals surface area contributed by atoms with E-state index >= 15 is 0 Å². The quantitative estimate of drug-likeness (QED) is 0.932. The van der Waals surface area contributed by atoms with Gasteiger partial charge in [-0.2, -0.15) is 0 Å². The number of hydrogen-bond acceptors (Lipinski definition) is 3.